The molecule has 18 heavy (non-hydrogen) atoms. The van der Waals surface area contributed by atoms with Crippen LogP contribution in [0.1, 0.15) is 48.9 Å². The van der Waals surface area contributed by atoms with Crippen molar-refractivity contribution in [2.75, 3.05) is 12.3 Å². The number of rotatable bonds is 5. The van der Waals surface area contributed by atoms with E-state index in [1.165, 1.54) is 32.1 Å². The molecule has 1 aliphatic rings. The first-order chi connectivity index (χ1) is 8.75. The minimum Gasteiger partial charge on any atom is -0.399 e. The molecule has 0 spiro atoms. The second-order valence-corrected chi connectivity index (χ2v) is 5.09. The van der Waals surface area contributed by atoms with E-state index in [4.69, 9.17) is 5.73 Å². The van der Waals surface area contributed by atoms with Gasteiger partial charge in [-0.15, -0.1) is 0 Å². The summed E-state index contributed by atoms with van der Waals surface area (Å²) in [7, 11) is 0. The fourth-order valence-corrected chi connectivity index (χ4v) is 2.55. The third-order valence-electron chi connectivity index (χ3n) is 3.60. The highest BCUT2D eigenvalue weighted by molar-refractivity contribution is 5.96. The highest BCUT2D eigenvalue weighted by Gasteiger charge is 2.13. The van der Waals surface area contributed by atoms with Crippen LogP contribution >= 0.6 is 0 Å². The van der Waals surface area contributed by atoms with E-state index in [-0.39, 0.29) is 5.78 Å². The number of hydrogen-bond donors (Lipinski definition) is 2. The number of nitrogen functional groups attached to an aromatic ring is 1. The largest absolute Gasteiger partial charge is 0.399 e. The Kier molecular flexibility index (Phi) is 4.76. The minimum atomic E-state index is 0.172. The van der Waals surface area contributed by atoms with Crippen molar-refractivity contribution in [1.29, 1.82) is 0 Å². The molecule has 0 heterocycles. The normalized spacial score (nSPS) is 16.7. The summed E-state index contributed by atoms with van der Waals surface area (Å²) < 4.78 is 0. The Balaban J connectivity index is 1.74. The molecule has 3 nitrogen and oxygen atoms in total. The highest BCUT2D eigenvalue weighted by atomic mass is 16.1. The van der Waals surface area contributed by atoms with E-state index in [9.17, 15) is 4.79 Å². The molecular formula is C15H22N2O. The summed E-state index contributed by atoms with van der Waals surface area (Å²) in [5.74, 6) is 0.172. The van der Waals surface area contributed by atoms with Crippen molar-refractivity contribution in [2.24, 2.45) is 0 Å². The molecule has 1 saturated carbocycles. The first-order valence-electron chi connectivity index (χ1n) is 6.88. The average Bonchev–Trinajstić information content (AvgIpc) is 2.40. The molecular weight excluding hydrogens is 224 g/mol. The number of carbonyl (C=O) groups excluding carboxylic acids is 1. The molecule has 0 aliphatic heterocycles. The summed E-state index contributed by atoms with van der Waals surface area (Å²) in [6.07, 6.45) is 7.07. The molecule has 3 N–H and O–H groups in total. The van der Waals surface area contributed by atoms with Gasteiger partial charge >= 0.3 is 0 Å². The molecule has 0 amide bonds. The van der Waals surface area contributed by atoms with Gasteiger partial charge < -0.3 is 11.1 Å². The lowest BCUT2D eigenvalue weighted by atomic mass is 9.95. The van der Waals surface area contributed by atoms with Crippen LogP contribution in [0.15, 0.2) is 24.3 Å². The van der Waals surface area contributed by atoms with Gasteiger partial charge in [-0.3, -0.25) is 4.79 Å². The topological polar surface area (TPSA) is 55.1 Å². The fraction of sp³-hybridized carbons (Fsp3) is 0.533. The van der Waals surface area contributed by atoms with E-state index in [0.717, 1.165) is 12.1 Å². The molecule has 0 unspecified atom stereocenters. The van der Waals surface area contributed by atoms with E-state index >= 15 is 0 Å². The quantitative estimate of drug-likeness (QED) is 0.620. The molecule has 2 rings (SSSR count). The van der Waals surface area contributed by atoms with Crippen LogP contribution in [-0.4, -0.2) is 18.4 Å². The van der Waals surface area contributed by atoms with Crippen LogP contribution in [0.3, 0.4) is 0 Å². The van der Waals surface area contributed by atoms with Crippen molar-refractivity contribution in [3.05, 3.63) is 29.8 Å². The van der Waals surface area contributed by atoms with E-state index in [2.05, 4.69) is 5.32 Å². The lowest BCUT2D eigenvalue weighted by Gasteiger charge is -2.22. The molecule has 0 bridgehead atoms. The van der Waals surface area contributed by atoms with Crippen molar-refractivity contribution < 1.29 is 4.79 Å². The lowest BCUT2D eigenvalue weighted by Crippen LogP contribution is -2.32. The molecule has 98 valence electrons. The van der Waals surface area contributed by atoms with Crippen molar-refractivity contribution in [3.63, 3.8) is 0 Å². The summed E-state index contributed by atoms with van der Waals surface area (Å²) in [4.78, 5) is 11.9. The van der Waals surface area contributed by atoms with Crippen LogP contribution in [-0.2, 0) is 0 Å². The summed E-state index contributed by atoms with van der Waals surface area (Å²) in [5.41, 5.74) is 7.05. The van der Waals surface area contributed by atoms with Crippen molar-refractivity contribution in [1.82, 2.24) is 5.32 Å². The molecule has 1 aliphatic carbocycles. The van der Waals surface area contributed by atoms with Crippen LogP contribution in [0.5, 0.6) is 0 Å². The second-order valence-electron chi connectivity index (χ2n) is 5.09. The third-order valence-corrected chi connectivity index (χ3v) is 3.60. The van der Waals surface area contributed by atoms with Crippen molar-refractivity contribution >= 4 is 11.5 Å². The fourth-order valence-electron chi connectivity index (χ4n) is 2.55. The monoisotopic (exact) mass is 246 g/mol. The maximum absolute atomic E-state index is 11.9. The number of carbonyl (C=O) groups is 1. The number of Topliss-reactive ketones (excluding diaryl/α,β-unsaturated/α-hetero) is 1. The summed E-state index contributed by atoms with van der Waals surface area (Å²) in [5, 5.41) is 3.48. The second kappa shape index (κ2) is 6.55. The Labute approximate surface area is 109 Å². The predicted octanol–water partition coefficient (Wildman–Crippen LogP) is 2.76. The lowest BCUT2D eigenvalue weighted by molar-refractivity contribution is 0.0981. The average molecular weight is 246 g/mol. The zero-order chi connectivity index (χ0) is 12.8. The first kappa shape index (κ1) is 13.1. The first-order valence-corrected chi connectivity index (χ1v) is 6.88. The van der Waals surface area contributed by atoms with Gasteiger partial charge in [0, 0.05) is 30.3 Å². The number of benzene rings is 1. The van der Waals surface area contributed by atoms with Gasteiger partial charge in [-0.2, -0.15) is 0 Å². The number of nitrogens with two attached hydrogens (primary N) is 1. The van der Waals surface area contributed by atoms with Gasteiger partial charge in [-0.25, -0.2) is 0 Å². The van der Waals surface area contributed by atoms with Gasteiger partial charge in [0.2, 0.25) is 0 Å². The maximum Gasteiger partial charge on any atom is 0.164 e. The predicted molar refractivity (Wildman–Crippen MR) is 74.7 cm³/mol. The number of anilines is 1. The molecule has 1 aromatic rings. The van der Waals surface area contributed by atoms with Crippen molar-refractivity contribution in [3.8, 4) is 0 Å². The van der Waals surface area contributed by atoms with E-state index < -0.39 is 0 Å². The third kappa shape index (κ3) is 3.84. The number of hydrogen-bond acceptors (Lipinski definition) is 3. The maximum atomic E-state index is 11.9. The van der Waals surface area contributed by atoms with Crippen molar-refractivity contribution in [2.45, 2.75) is 44.6 Å². The van der Waals surface area contributed by atoms with Crippen LogP contribution < -0.4 is 11.1 Å². The standard InChI is InChI=1S/C15H22N2O/c16-13-6-4-5-12(11-13)15(18)9-10-17-14-7-2-1-3-8-14/h4-6,11,14,17H,1-3,7-10,16H2. The zero-order valence-corrected chi connectivity index (χ0v) is 10.8. The molecule has 3 heteroatoms. The summed E-state index contributed by atoms with van der Waals surface area (Å²) in [6.45, 7) is 0.776. The summed E-state index contributed by atoms with van der Waals surface area (Å²) >= 11 is 0. The zero-order valence-electron chi connectivity index (χ0n) is 10.8. The Morgan fingerprint density at radius 1 is 1.28 bits per heavy atom. The Morgan fingerprint density at radius 2 is 2.06 bits per heavy atom. The smallest absolute Gasteiger partial charge is 0.164 e. The number of nitrogens with one attached hydrogen (secondary N) is 1. The molecule has 0 aromatic heterocycles. The molecule has 1 aromatic carbocycles. The Bertz CT molecular complexity index is 397. The molecule has 1 fully saturated rings. The van der Waals surface area contributed by atoms with Gasteiger partial charge in [0.25, 0.3) is 0 Å². The van der Waals surface area contributed by atoms with Gasteiger partial charge in [-0.1, -0.05) is 31.4 Å². The van der Waals surface area contributed by atoms with Crippen LogP contribution in [0, 0.1) is 0 Å². The molecule has 0 saturated heterocycles. The van der Waals surface area contributed by atoms with Gasteiger partial charge in [0.05, 0.1) is 0 Å². The van der Waals surface area contributed by atoms with E-state index in [0.29, 0.717) is 18.2 Å². The van der Waals surface area contributed by atoms with E-state index in [1.807, 2.05) is 12.1 Å². The highest BCUT2D eigenvalue weighted by Crippen LogP contribution is 2.17. The van der Waals surface area contributed by atoms with Crippen LogP contribution in [0.2, 0.25) is 0 Å². The van der Waals surface area contributed by atoms with E-state index in [1.54, 1.807) is 12.1 Å². The number of ketones is 1. The molecule has 0 radical (unpaired) electrons. The van der Waals surface area contributed by atoms with Gasteiger partial charge in [-0.05, 0) is 25.0 Å². The van der Waals surface area contributed by atoms with Crippen LogP contribution in [0.4, 0.5) is 5.69 Å². The SMILES string of the molecule is Nc1cccc(C(=O)CCNC2CCCCC2)c1. The Morgan fingerprint density at radius 3 is 2.78 bits per heavy atom. The molecule has 0 atom stereocenters. The van der Waals surface area contributed by atoms with Gasteiger partial charge in [0.1, 0.15) is 0 Å². The Hall–Kier alpha value is -1.35. The van der Waals surface area contributed by atoms with Gasteiger partial charge in [0.15, 0.2) is 5.78 Å². The summed E-state index contributed by atoms with van der Waals surface area (Å²) in [6, 6.07) is 7.84. The minimum absolute atomic E-state index is 0.172. The van der Waals surface area contributed by atoms with Crippen LogP contribution in [0.25, 0.3) is 0 Å².